The van der Waals surface area contributed by atoms with Crippen molar-refractivity contribution < 1.29 is 20.4 Å². The van der Waals surface area contributed by atoms with Crippen molar-refractivity contribution in [2.24, 2.45) is 9.98 Å². The summed E-state index contributed by atoms with van der Waals surface area (Å²) in [5.74, 6) is -1.10. The van der Waals surface area contributed by atoms with E-state index < -0.39 is 5.66 Å². The van der Waals surface area contributed by atoms with Gasteiger partial charge in [-0.05, 0) is 112 Å². The number of hydrogen-bond acceptors (Lipinski definition) is 6. The van der Waals surface area contributed by atoms with E-state index in [-0.39, 0.29) is 23.0 Å². The number of benzene rings is 10. The van der Waals surface area contributed by atoms with E-state index in [0.29, 0.717) is 21.9 Å². The average Bonchev–Trinajstić information content (AvgIpc) is 3.52. The van der Waals surface area contributed by atoms with Gasteiger partial charge in [-0.25, -0.2) is 0 Å². The first kappa shape index (κ1) is 32.7. The van der Waals surface area contributed by atoms with Crippen LogP contribution < -0.4 is 0 Å². The Hall–Kier alpha value is -7.70. The van der Waals surface area contributed by atoms with Gasteiger partial charge in [0.2, 0.25) is 5.66 Å². The van der Waals surface area contributed by atoms with Crippen LogP contribution in [0.4, 0.5) is 0 Å². The maximum Gasteiger partial charge on any atom is 0.202 e. The van der Waals surface area contributed by atoms with Gasteiger partial charge in [0, 0.05) is 34.7 Å². The zero-order valence-electron chi connectivity index (χ0n) is 30.3. The second-order valence-corrected chi connectivity index (χ2v) is 14.8. The van der Waals surface area contributed by atoms with Gasteiger partial charge in [-0.1, -0.05) is 121 Å². The number of aliphatic imine (C=N–C) groups is 2. The molecule has 0 heterocycles. The normalized spacial score (nSPS) is 13.5. The van der Waals surface area contributed by atoms with E-state index in [0.717, 1.165) is 76.1 Å². The van der Waals surface area contributed by atoms with E-state index in [1.165, 1.54) is 0 Å². The van der Waals surface area contributed by atoms with Gasteiger partial charge in [0.05, 0.1) is 0 Å². The largest absolute Gasteiger partial charge is 0.504 e. The molecule has 1 aliphatic rings. The molecule has 0 spiro atoms. The van der Waals surface area contributed by atoms with Gasteiger partial charge in [0.15, 0.2) is 23.0 Å². The number of phenols is 4. The number of phenolic OH excluding ortho intramolecular Hbond substituents is 4. The van der Waals surface area contributed by atoms with E-state index in [2.05, 4.69) is 72.8 Å². The van der Waals surface area contributed by atoms with Crippen molar-refractivity contribution in [2.45, 2.75) is 5.66 Å². The highest BCUT2D eigenvalue weighted by atomic mass is 16.3. The zero-order valence-corrected chi connectivity index (χ0v) is 30.3. The number of aromatic hydroxyl groups is 4. The molecule has 0 saturated carbocycles. The van der Waals surface area contributed by atoms with Crippen LogP contribution >= 0.6 is 0 Å². The molecule has 6 heteroatoms. The molecule has 0 radical (unpaired) electrons. The van der Waals surface area contributed by atoms with Gasteiger partial charge < -0.3 is 20.4 Å². The SMILES string of the molecule is Oc1cc2ccccc2c(C=NC2(N=Cc3c(O)c(O)cc4ccccc34)c3ccc4cc5ccccc5cc4c3-c3c2ccc2cc4ccccc4cc32)c1O. The molecule has 0 unspecified atom stereocenters. The van der Waals surface area contributed by atoms with Gasteiger partial charge in [-0.3, -0.25) is 9.98 Å². The minimum absolute atomic E-state index is 0.258. The molecule has 0 amide bonds. The van der Waals surface area contributed by atoms with Crippen molar-refractivity contribution >= 4 is 77.1 Å². The standard InChI is InChI=1S/C51H32N2O4/c54-45-25-33-13-5-7-15-37(33)41(49(45)56)27-52-51(53-28-42-38-16-8-6-14-34(38)26-46(55)50(42)57)43-19-17-35-21-29-9-1-3-11-31(29)23-39(35)47(43)48-40-24-32-12-4-2-10-30(32)22-36(40)18-20-44(48)51/h1-28,54-57H. The first-order valence-electron chi connectivity index (χ1n) is 18.8. The molecule has 0 bridgehead atoms. The van der Waals surface area contributed by atoms with E-state index in [1.807, 2.05) is 72.8 Å². The molecule has 1 aliphatic carbocycles. The summed E-state index contributed by atoms with van der Waals surface area (Å²) in [6.45, 7) is 0. The first-order chi connectivity index (χ1) is 27.9. The lowest BCUT2D eigenvalue weighted by molar-refractivity contribution is 0.404. The zero-order chi connectivity index (χ0) is 38.4. The number of hydrogen-bond donors (Lipinski definition) is 4. The molecular weight excluding hydrogens is 705 g/mol. The third-order valence-electron chi connectivity index (χ3n) is 11.6. The first-order valence-corrected chi connectivity index (χ1v) is 18.8. The van der Waals surface area contributed by atoms with Gasteiger partial charge in [0.1, 0.15) is 0 Å². The smallest absolute Gasteiger partial charge is 0.202 e. The van der Waals surface area contributed by atoms with Crippen LogP contribution in [-0.2, 0) is 5.66 Å². The highest BCUT2D eigenvalue weighted by Crippen LogP contribution is 2.56. The fourth-order valence-electron chi connectivity index (χ4n) is 8.88. The molecule has 57 heavy (non-hydrogen) atoms. The Balaban J connectivity index is 1.29. The summed E-state index contributed by atoms with van der Waals surface area (Å²) >= 11 is 0. The number of rotatable bonds is 4. The molecule has 11 rings (SSSR count). The Kier molecular flexibility index (Phi) is 6.97. The minimum Gasteiger partial charge on any atom is -0.504 e. The van der Waals surface area contributed by atoms with Crippen LogP contribution in [0.3, 0.4) is 0 Å². The molecule has 10 aromatic carbocycles. The van der Waals surface area contributed by atoms with Crippen LogP contribution in [-0.4, -0.2) is 32.9 Å². The fraction of sp³-hybridized carbons (Fsp3) is 0.0196. The Morgan fingerprint density at radius 1 is 0.351 bits per heavy atom. The molecule has 10 aromatic rings. The Labute approximate surface area is 326 Å². The lowest BCUT2D eigenvalue weighted by Gasteiger charge is -2.24. The molecule has 0 saturated heterocycles. The molecule has 270 valence electrons. The van der Waals surface area contributed by atoms with E-state index in [1.54, 1.807) is 24.6 Å². The third kappa shape index (κ3) is 4.84. The molecule has 0 atom stereocenters. The van der Waals surface area contributed by atoms with Crippen LogP contribution in [0.5, 0.6) is 23.0 Å². The highest BCUT2D eigenvalue weighted by molar-refractivity contribution is 6.16. The van der Waals surface area contributed by atoms with Crippen LogP contribution in [0.2, 0.25) is 0 Å². The predicted octanol–water partition coefficient (Wildman–Crippen LogP) is 11.8. The predicted molar refractivity (Wildman–Crippen MR) is 232 cm³/mol. The summed E-state index contributed by atoms with van der Waals surface area (Å²) in [5.41, 5.74) is 2.82. The maximum absolute atomic E-state index is 11.4. The van der Waals surface area contributed by atoms with Gasteiger partial charge >= 0.3 is 0 Å². The monoisotopic (exact) mass is 736 g/mol. The third-order valence-corrected chi connectivity index (χ3v) is 11.6. The van der Waals surface area contributed by atoms with Gasteiger partial charge in [-0.2, -0.15) is 0 Å². The van der Waals surface area contributed by atoms with E-state index in [4.69, 9.17) is 9.98 Å². The molecule has 0 aliphatic heterocycles. The number of fused-ring (bicyclic) bond motifs is 11. The van der Waals surface area contributed by atoms with Crippen molar-refractivity contribution in [1.82, 2.24) is 0 Å². The summed E-state index contributed by atoms with van der Waals surface area (Å²) < 4.78 is 0. The molecule has 6 nitrogen and oxygen atoms in total. The van der Waals surface area contributed by atoms with E-state index in [9.17, 15) is 20.4 Å². The van der Waals surface area contributed by atoms with Crippen LogP contribution in [0.25, 0.3) is 75.8 Å². The second kappa shape index (κ2) is 12.2. The lowest BCUT2D eigenvalue weighted by atomic mass is 9.91. The summed E-state index contributed by atoms with van der Waals surface area (Å²) in [5, 5.41) is 56.1. The van der Waals surface area contributed by atoms with Crippen molar-refractivity contribution in [3.8, 4) is 34.1 Å². The van der Waals surface area contributed by atoms with Gasteiger partial charge in [-0.15, -0.1) is 0 Å². The van der Waals surface area contributed by atoms with Crippen molar-refractivity contribution in [2.75, 3.05) is 0 Å². The summed E-state index contributed by atoms with van der Waals surface area (Å²) in [6.07, 6.45) is 3.20. The Morgan fingerprint density at radius 2 is 0.702 bits per heavy atom. The van der Waals surface area contributed by atoms with Crippen LogP contribution in [0, 0.1) is 0 Å². The van der Waals surface area contributed by atoms with Crippen LogP contribution in [0.15, 0.2) is 168 Å². The van der Waals surface area contributed by atoms with Crippen LogP contribution in [0.1, 0.15) is 22.3 Å². The summed E-state index contributed by atoms with van der Waals surface area (Å²) in [7, 11) is 0. The number of nitrogens with zero attached hydrogens (tertiary/aromatic N) is 2. The maximum atomic E-state index is 11.4. The fourth-order valence-corrected chi connectivity index (χ4v) is 8.88. The topological polar surface area (TPSA) is 106 Å². The van der Waals surface area contributed by atoms with E-state index >= 15 is 0 Å². The quantitative estimate of drug-likeness (QED) is 0.0820. The summed E-state index contributed by atoms with van der Waals surface area (Å²) in [4.78, 5) is 10.8. The molecule has 4 N–H and O–H groups in total. The molecular formula is C51H32N2O4. The van der Waals surface area contributed by atoms with Crippen molar-refractivity contribution in [3.63, 3.8) is 0 Å². The van der Waals surface area contributed by atoms with Crippen molar-refractivity contribution in [1.29, 1.82) is 0 Å². The van der Waals surface area contributed by atoms with Crippen molar-refractivity contribution in [3.05, 3.63) is 180 Å². The Bertz CT molecular complexity index is 3190. The second-order valence-electron chi connectivity index (χ2n) is 14.8. The summed E-state index contributed by atoms with van der Waals surface area (Å²) in [6, 6.07) is 52.1. The lowest BCUT2D eigenvalue weighted by Crippen LogP contribution is -2.21. The van der Waals surface area contributed by atoms with Gasteiger partial charge in [0.25, 0.3) is 0 Å². The highest BCUT2D eigenvalue weighted by Gasteiger charge is 2.45. The minimum atomic E-state index is -1.46. The average molecular weight is 737 g/mol. The Morgan fingerprint density at radius 3 is 1.12 bits per heavy atom. The molecule has 0 fully saturated rings. The molecule has 0 aromatic heterocycles.